The summed E-state index contributed by atoms with van der Waals surface area (Å²) >= 11 is 0. The van der Waals surface area contributed by atoms with Crippen molar-refractivity contribution in [2.45, 2.75) is 58.2 Å². The second kappa shape index (κ2) is 5.37. The van der Waals surface area contributed by atoms with E-state index in [4.69, 9.17) is 10.5 Å². The predicted octanol–water partition coefficient (Wildman–Crippen LogP) is 3.50. The van der Waals surface area contributed by atoms with Crippen molar-refractivity contribution in [1.82, 2.24) is 0 Å². The Morgan fingerprint density at radius 3 is 2.06 bits per heavy atom. The van der Waals surface area contributed by atoms with Gasteiger partial charge in [0.2, 0.25) is 0 Å². The second-order valence-corrected chi connectivity index (χ2v) is 6.61. The number of halogens is 3. The molecule has 0 amide bonds. The molecule has 0 aromatic rings. The summed E-state index contributed by atoms with van der Waals surface area (Å²) in [5, 5.41) is 0. The molecule has 0 radical (unpaired) electrons. The lowest BCUT2D eigenvalue weighted by Crippen LogP contribution is -2.49. The van der Waals surface area contributed by atoms with E-state index in [2.05, 4.69) is 20.8 Å². The van der Waals surface area contributed by atoms with Crippen LogP contribution in [0.5, 0.6) is 0 Å². The molecule has 5 heteroatoms. The van der Waals surface area contributed by atoms with E-state index in [0.717, 1.165) is 25.7 Å². The summed E-state index contributed by atoms with van der Waals surface area (Å²) < 4.78 is 40.7. The first kappa shape index (κ1) is 15.8. The lowest BCUT2D eigenvalue weighted by atomic mass is 9.68. The van der Waals surface area contributed by atoms with Gasteiger partial charge in [0.25, 0.3) is 0 Å². The van der Waals surface area contributed by atoms with Gasteiger partial charge in [-0.15, -0.1) is 0 Å². The van der Waals surface area contributed by atoms with Crippen molar-refractivity contribution in [3.63, 3.8) is 0 Å². The van der Waals surface area contributed by atoms with Gasteiger partial charge in [0.05, 0.1) is 6.61 Å². The Balaban J connectivity index is 2.36. The first-order chi connectivity index (χ1) is 8.02. The summed E-state index contributed by atoms with van der Waals surface area (Å²) in [6.07, 6.45) is -0.844. The average Bonchev–Trinajstić information content (AvgIpc) is 2.14. The SMILES string of the molecule is CC(C)(C)C1CCC(N)(COCC(F)(F)F)CC1. The van der Waals surface area contributed by atoms with Crippen LogP contribution in [0.15, 0.2) is 0 Å². The minimum absolute atomic E-state index is 0.00335. The number of ether oxygens (including phenoxy) is 1. The predicted molar refractivity (Wildman–Crippen MR) is 65.2 cm³/mol. The van der Waals surface area contributed by atoms with Gasteiger partial charge in [0, 0.05) is 5.54 Å². The fourth-order valence-corrected chi connectivity index (χ4v) is 2.57. The van der Waals surface area contributed by atoms with E-state index in [0.29, 0.717) is 5.92 Å². The molecule has 0 aromatic heterocycles. The van der Waals surface area contributed by atoms with Crippen LogP contribution in [-0.4, -0.2) is 24.9 Å². The fourth-order valence-electron chi connectivity index (χ4n) is 2.57. The number of alkyl halides is 3. The standard InChI is InChI=1S/C13H24F3NO/c1-11(2,3)10-4-6-12(17,7-5-10)8-18-9-13(14,15)16/h10H,4-9,17H2,1-3H3. The van der Waals surface area contributed by atoms with Crippen LogP contribution in [0.3, 0.4) is 0 Å². The zero-order valence-electron chi connectivity index (χ0n) is 11.4. The number of hydrogen-bond acceptors (Lipinski definition) is 2. The molecular weight excluding hydrogens is 243 g/mol. The maximum absolute atomic E-state index is 12.0. The van der Waals surface area contributed by atoms with Crippen LogP contribution in [0.1, 0.15) is 46.5 Å². The lowest BCUT2D eigenvalue weighted by Gasteiger charge is -2.42. The molecule has 0 atom stereocenters. The van der Waals surface area contributed by atoms with Crippen molar-refractivity contribution in [3.05, 3.63) is 0 Å². The molecule has 0 aromatic carbocycles. The number of rotatable bonds is 3. The Kier molecular flexibility index (Phi) is 4.70. The molecule has 2 nitrogen and oxygen atoms in total. The lowest BCUT2D eigenvalue weighted by molar-refractivity contribution is -0.178. The van der Waals surface area contributed by atoms with Crippen LogP contribution in [0.2, 0.25) is 0 Å². The Hall–Kier alpha value is -0.290. The molecule has 108 valence electrons. The van der Waals surface area contributed by atoms with Crippen LogP contribution in [0.25, 0.3) is 0 Å². The quantitative estimate of drug-likeness (QED) is 0.849. The summed E-state index contributed by atoms with van der Waals surface area (Å²) in [5.74, 6) is 0.594. The van der Waals surface area contributed by atoms with Crippen LogP contribution < -0.4 is 5.73 Å². The third-order valence-corrected chi connectivity index (χ3v) is 3.86. The smallest absolute Gasteiger partial charge is 0.370 e. The highest BCUT2D eigenvalue weighted by Gasteiger charge is 2.37. The van der Waals surface area contributed by atoms with Crippen molar-refractivity contribution in [2.24, 2.45) is 17.1 Å². The Labute approximate surface area is 107 Å². The minimum Gasteiger partial charge on any atom is -0.370 e. The third-order valence-electron chi connectivity index (χ3n) is 3.86. The van der Waals surface area contributed by atoms with Crippen LogP contribution in [0.4, 0.5) is 13.2 Å². The topological polar surface area (TPSA) is 35.2 Å². The van der Waals surface area contributed by atoms with Gasteiger partial charge in [-0.3, -0.25) is 0 Å². The van der Waals surface area contributed by atoms with Crippen molar-refractivity contribution >= 4 is 0 Å². The van der Waals surface area contributed by atoms with E-state index >= 15 is 0 Å². The first-order valence-electron chi connectivity index (χ1n) is 6.45. The van der Waals surface area contributed by atoms with Crippen LogP contribution >= 0.6 is 0 Å². The monoisotopic (exact) mass is 267 g/mol. The van der Waals surface area contributed by atoms with E-state index in [1.54, 1.807) is 0 Å². The van der Waals surface area contributed by atoms with E-state index in [9.17, 15) is 13.2 Å². The van der Waals surface area contributed by atoms with Crippen LogP contribution in [0, 0.1) is 11.3 Å². The highest BCUT2D eigenvalue weighted by atomic mass is 19.4. The number of hydrogen-bond donors (Lipinski definition) is 1. The Bertz CT molecular complexity index is 257. The summed E-state index contributed by atoms with van der Waals surface area (Å²) in [7, 11) is 0. The number of nitrogens with two attached hydrogens (primary N) is 1. The molecule has 0 spiro atoms. The van der Waals surface area contributed by atoms with Gasteiger partial charge >= 0.3 is 6.18 Å². The third kappa shape index (κ3) is 5.14. The first-order valence-corrected chi connectivity index (χ1v) is 6.45. The van der Waals surface area contributed by atoms with Crippen molar-refractivity contribution in [2.75, 3.05) is 13.2 Å². The summed E-state index contributed by atoms with van der Waals surface area (Å²) in [6, 6.07) is 0. The largest absolute Gasteiger partial charge is 0.411 e. The highest BCUT2D eigenvalue weighted by molar-refractivity contribution is 4.92. The highest BCUT2D eigenvalue weighted by Crippen LogP contribution is 2.40. The second-order valence-electron chi connectivity index (χ2n) is 6.61. The normalized spacial score (nSPS) is 30.5. The molecule has 0 aliphatic heterocycles. The van der Waals surface area contributed by atoms with Crippen LogP contribution in [-0.2, 0) is 4.74 Å². The van der Waals surface area contributed by atoms with E-state index in [-0.39, 0.29) is 12.0 Å². The van der Waals surface area contributed by atoms with Gasteiger partial charge in [-0.05, 0) is 37.0 Å². The summed E-state index contributed by atoms with van der Waals surface area (Å²) in [5.41, 5.74) is 5.77. The van der Waals surface area contributed by atoms with Gasteiger partial charge in [0.1, 0.15) is 6.61 Å². The molecule has 1 aliphatic carbocycles. The van der Waals surface area contributed by atoms with E-state index < -0.39 is 18.3 Å². The molecule has 1 rings (SSSR count). The molecular formula is C13H24F3NO. The zero-order chi connectivity index (χ0) is 14.0. The van der Waals surface area contributed by atoms with E-state index in [1.165, 1.54) is 0 Å². The van der Waals surface area contributed by atoms with Crippen molar-refractivity contribution < 1.29 is 17.9 Å². The van der Waals surface area contributed by atoms with Gasteiger partial charge in [-0.2, -0.15) is 13.2 Å². The van der Waals surface area contributed by atoms with Gasteiger partial charge in [0.15, 0.2) is 0 Å². The molecule has 2 N–H and O–H groups in total. The molecule has 0 heterocycles. The molecule has 1 saturated carbocycles. The Morgan fingerprint density at radius 1 is 1.17 bits per heavy atom. The average molecular weight is 267 g/mol. The molecule has 18 heavy (non-hydrogen) atoms. The van der Waals surface area contributed by atoms with Gasteiger partial charge < -0.3 is 10.5 Å². The molecule has 1 fully saturated rings. The molecule has 1 aliphatic rings. The fraction of sp³-hybridized carbons (Fsp3) is 1.00. The zero-order valence-corrected chi connectivity index (χ0v) is 11.4. The van der Waals surface area contributed by atoms with Gasteiger partial charge in [-0.25, -0.2) is 0 Å². The van der Waals surface area contributed by atoms with E-state index in [1.807, 2.05) is 0 Å². The van der Waals surface area contributed by atoms with Crippen molar-refractivity contribution in [1.29, 1.82) is 0 Å². The maximum atomic E-state index is 12.0. The van der Waals surface area contributed by atoms with Crippen molar-refractivity contribution in [3.8, 4) is 0 Å². The molecule has 0 bridgehead atoms. The summed E-state index contributed by atoms with van der Waals surface area (Å²) in [6.45, 7) is 5.39. The molecule has 0 saturated heterocycles. The molecule has 0 unspecified atom stereocenters. The maximum Gasteiger partial charge on any atom is 0.411 e. The summed E-state index contributed by atoms with van der Waals surface area (Å²) in [4.78, 5) is 0. The van der Waals surface area contributed by atoms with Gasteiger partial charge in [-0.1, -0.05) is 20.8 Å². The minimum atomic E-state index is -4.26. The Morgan fingerprint density at radius 2 is 1.67 bits per heavy atom.